The highest BCUT2D eigenvalue weighted by Crippen LogP contribution is 2.31. The van der Waals surface area contributed by atoms with Gasteiger partial charge in [0.05, 0.1) is 0 Å². The van der Waals surface area contributed by atoms with Crippen LogP contribution < -0.4 is 0 Å². The van der Waals surface area contributed by atoms with Crippen molar-refractivity contribution < 1.29 is 29.7 Å². The molecule has 0 fully saturated rings. The molecule has 0 aliphatic heterocycles. The van der Waals surface area contributed by atoms with E-state index in [1.54, 1.807) is 0 Å². The Hall–Kier alpha value is -1.74. The molecule has 0 bridgehead atoms. The number of hydrogen-bond acceptors (Lipinski definition) is 5. The molecule has 1 N–H and O–H groups in total. The summed E-state index contributed by atoms with van der Waals surface area (Å²) in [5.74, 6) is -0.303. The lowest BCUT2D eigenvalue weighted by Crippen LogP contribution is -1.99. The monoisotopic (exact) mass is 308 g/mol. The molecular formula is C10H6F2O5S2. The first kappa shape index (κ1) is 13.7. The maximum Gasteiger partial charge on any atom is 0.332 e. The number of rotatable bonds is 2. The molecular weight excluding hydrogens is 302 g/mol. The molecule has 5 nitrogen and oxygen atoms in total. The Morgan fingerprint density at radius 1 is 0.895 bits per heavy atom. The Morgan fingerprint density at radius 3 is 2.05 bits per heavy atom. The topological polar surface area (TPSA) is 88.5 Å². The summed E-state index contributed by atoms with van der Waals surface area (Å²) in [6.07, 6.45) is 0. The molecule has 0 saturated carbocycles. The second-order valence-corrected chi connectivity index (χ2v) is 6.37. The highest BCUT2D eigenvalue weighted by Gasteiger charge is 2.22. The van der Waals surface area contributed by atoms with Gasteiger partial charge in [-0.05, 0) is 35.7 Å². The molecule has 0 radical (unpaired) electrons. The van der Waals surface area contributed by atoms with E-state index in [0.717, 1.165) is 24.3 Å². The van der Waals surface area contributed by atoms with Crippen molar-refractivity contribution in [3.05, 3.63) is 30.3 Å². The third kappa shape index (κ3) is 2.66. The van der Waals surface area contributed by atoms with Crippen LogP contribution in [0.4, 0.5) is 7.77 Å². The average molecular weight is 308 g/mol. The zero-order valence-electron chi connectivity index (χ0n) is 9.04. The third-order valence-electron chi connectivity index (χ3n) is 2.42. The minimum Gasteiger partial charge on any atom is -0.508 e. The van der Waals surface area contributed by atoms with Gasteiger partial charge < -0.3 is 5.11 Å². The summed E-state index contributed by atoms with van der Waals surface area (Å²) >= 11 is 0. The zero-order valence-corrected chi connectivity index (χ0v) is 10.7. The fraction of sp³-hybridized carbons (Fsp3) is 0. The molecule has 2 aromatic carbocycles. The summed E-state index contributed by atoms with van der Waals surface area (Å²) in [5.41, 5.74) is 0. The van der Waals surface area contributed by atoms with E-state index in [0.29, 0.717) is 6.07 Å². The van der Waals surface area contributed by atoms with Crippen LogP contribution in [0.2, 0.25) is 0 Å². The van der Waals surface area contributed by atoms with Crippen molar-refractivity contribution in [2.45, 2.75) is 9.79 Å². The van der Waals surface area contributed by atoms with Crippen LogP contribution in [0.5, 0.6) is 5.75 Å². The number of fused-ring (bicyclic) bond motifs is 1. The van der Waals surface area contributed by atoms with Gasteiger partial charge in [-0.2, -0.15) is 16.8 Å². The molecule has 0 atom stereocenters. The van der Waals surface area contributed by atoms with Crippen LogP contribution in [0.25, 0.3) is 10.8 Å². The fourth-order valence-corrected chi connectivity index (χ4v) is 2.96. The lowest BCUT2D eigenvalue weighted by molar-refractivity contribution is 0.476. The Balaban J connectivity index is 3.01. The van der Waals surface area contributed by atoms with E-state index < -0.39 is 30.2 Å². The minimum atomic E-state index is -5.24. The van der Waals surface area contributed by atoms with E-state index in [2.05, 4.69) is 0 Å². The maximum absolute atomic E-state index is 13.1. The molecule has 9 heteroatoms. The van der Waals surface area contributed by atoms with Gasteiger partial charge in [0.1, 0.15) is 15.5 Å². The van der Waals surface area contributed by atoms with E-state index >= 15 is 0 Å². The van der Waals surface area contributed by atoms with Gasteiger partial charge in [0.25, 0.3) is 0 Å². The smallest absolute Gasteiger partial charge is 0.332 e. The van der Waals surface area contributed by atoms with E-state index in [1.807, 2.05) is 0 Å². The van der Waals surface area contributed by atoms with Crippen molar-refractivity contribution in [1.29, 1.82) is 0 Å². The number of halogens is 2. The van der Waals surface area contributed by atoms with Crippen LogP contribution in [-0.4, -0.2) is 21.9 Å². The Bertz CT molecular complexity index is 872. The molecule has 0 amide bonds. The fourth-order valence-electron chi connectivity index (χ4n) is 1.64. The minimum absolute atomic E-state index is 0.116. The first-order valence-corrected chi connectivity index (χ1v) is 7.52. The number of benzene rings is 2. The van der Waals surface area contributed by atoms with Crippen molar-refractivity contribution in [2.75, 3.05) is 0 Å². The molecule has 0 heterocycles. The van der Waals surface area contributed by atoms with Crippen molar-refractivity contribution >= 4 is 31.2 Å². The van der Waals surface area contributed by atoms with E-state index in [1.165, 1.54) is 0 Å². The van der Waals surface area contributed by atoms with Gasteiger partial charge in [-0.25, -0.2) is 0 Å². The second kappa shape index (κ2) is 4.14. The molecule has 0 aromatic heterocycles. The van der Waals surface area contributed by atoms with Gasteiger partial charge in [0.2, 0.25) is 0 Å². The van der Waals surface area contributed by atoms with Crippen molar-refractivity contribution in [3.63, 3.8) is 0 Å². The average Bonchev–Trinajstić information content (AvgIpc) is 2.24. The van der Waals surface area contributed by atoms with Crippen LogP contribution in [0.15, 0.2) is 40.1 Å². The van der Waals surface area contributed by atoms with Crippen LogP contribution in [0.1, 0.15) is 0 Å². The normalized spacial score (nSPS) is 12.7. The quantitative estimate of drug-likeness (QED) is 0.855. The van der Waals surface area contributed by atoms with Gasteiger partial charge in [0, 0.05) is 5.39 Å². The number of aromatic hydroxyl groups is 1. The predicted octanol–water partition coefficient (Wildman–Crippen LogP) is 1.86. The Morgan fingerprint density at radius 2 is 1.53 bits per heavy atom. The van der Waals surface area contributed by atoms with Gasteiger partial charge in [-0.15, -0.1) is 7.77 Å². The van der Waals surface area contributed by atoms with Crippen LogP contribution in [-0.2, 0) is 20.4 Å². The largest absolute Gasteiger partial charge is 0.508 e. The molecule has 0 unspecified atom stereocenters. The van der Waals surface area contributed by atoms with E-state index in [-0.39, 0.29) is 16.5 Å². The highest BCUT2D eigenvalue weighted by molar-refractivity contribution is 7.87. The standard InChI is InChI=1S/C10H6F2O5S2/c11-18(14,15)8-4-6-3-7(13)1-2-9(6)10(5-8)19(12,16)17/h1-5,13H. The summed E-state index contributed by atoms with van der Waals surface area (Å²) in [6.45, 7) is 0. The van der Waals surface area contributed by atoms with Crippen LogP contribution in [0, 0.1) is 0 Å². The lowest BCUT2D eigenvalue weighted by Gasteiger charge is -2.05. The Kier molecular flexibility index (Phi) is 2.98. The second-order valence-electron chi connectivity index (χ2n) is 3.70. The van der Waals surface area contributed by atoms with Crippen molar-refractivity contribution in [1.82, 2.24) is 0 Å². The molecule has 0 aliphatic rings. The van der Waals surface area contributed by atoms with Crippen molar-refractivity contribution in [3.8, 4) is 5.75 Å². The number of hydrogen-bond donors (Lipinski definition) is 1. The lowest BCUT2D eigenvalue weighted by atomic mass is 10.1. The predicted molar refractivity (Wildman–Crippen MR) is 62.2 cm³/mol. The Labute approximate surface area is 107 Å². The zero-order chi connectivity index (χ0) is 14.4. The van der Waals surface area contributed by atoms with Gasteiger partial charge in [0.15, 0.2) is 0 Å². The summed E-state index contributed by atoms with van der Waals surface area (Å²) in [5, 5.41) is 8.96. The summed E-state index contributed by atoms with van der Waals surface area (Å²) in [7, 11) is -10.4. The molecule has 0 saturated heterocycles. The summed E-state index contributed by atoms with van der Waals surface area (Å²) in [4.78, 5) is -1.97. The third-order valence-corrected chi connectivity index (χ3v) is 4.08. The first-order chi connectivity index (χ1) is 8.59. The number of phenols is 1. The molecule has 102 valence electrons. The van der Waals surface area contributed by atoms with Gasteiger partial charge >= 0.3 is 20.4 Å². The van der Waals surface area contributed by atoms with Crippen LogP contribution >= 0.6 is 0 Å². The van der Waals surface area contributed by atoms with Crippen molar-refractivity contribution in [2.24, 2.45) is 0 Å². The highest BCUT2D eigenvalue weighted by atomic mass is 32.3. The summed E-state index contributed by atoms with van der Waals surface area (Å²) < 4.78 is 69.5. The van der Waals surface area contributed by atoms with Gasteiger partial charge in [-0.3, -0.25) is 0 Å². The molecule has 0 aliphatic carbocycles. The first-order valence-electron chi connectivity index (χ1n) is 4.75. The van der Waals surface area contributed by atoms with Crippen LogP contribution in [0.3, 0.4) is 0 Å². The maximum atomic E-state index is 13.1. The van der Waals surface area contributed by atoms with Gasteiger partial charge in [-0.1, -0.05) is 0 Å². The molecule has 2 rings (SSSR count). The SMILES string of the molecule is O=S(=O)(F)c1cc(S(=O)(=O)F)c2ccc(O)cc2c1. The molecule has 2 aromatic rings. The molecule has 19 heavy (non-hydrogen) atoms. The summed E-state index contributed by atoms with van der Waals surface area (Å²) in [6, 6.07) is 4.38. The van der Waals surface area contributed by atoms with E-state index in [4.69, 9.17) is 0 Å². The molecule has 0 spiro atoms. The number of phenolic OH excluding ortho intramolecular Hbond substituents is 1. The van der Waals surface area contributed by atoms with E-state index in [9.17, 15) is 29.7 Å².